The summed E-state index contributed by atoms with van der Waals surface area (Å²) in [4.78, 5) is 23.1. The lowest BCUT2D eigenvalue weighted by molar-refractivity contribution is -0.179. The van der Waals surface area contributed by atoms with Crippen molar-refractivity contribution < 1.29 is 19.6 Å². The quantitative estimate of drug-likeness (QED) is 0.718. The zero-order chi connectivity index (χ0) is 17.7. The van der Waals surface area contributed by atoms with Crippen LogP contribution in [0.1, 0.15) is 24.2 Å². The van der Waals surface area contributed by atoms with E-state index in [1.165, 1.54) is 6.92 Å². The number of hydroxylamine groups is 2. The Hall–Kier alpha value is -1.26. The van der Waals surface area contributed by atoms with Crippen LogP contribution in [0.5, 0.6) is 5.75 Å². The number of nitrogens with two attached hydrogens (primary N) is 1. The fraction of sp³-hybridized carbons (Fsp3) is 0.438. The Labute approximate surface area is 157 Å². The summed E-state index contributed by atoms with van der Waals surface area (Å²) in [5.74, 6) is 1.03. The van der Waals surface area contributed by atoms with E-state index in [1.54, 1.807) is 28.6 Å². The molecule has 0 spiro atoms. The molecule has 0 bridgehead atoms. The number of phenols is 1. The predicted molar refractivity (Wildman–Crippen MR) is 98.1 cm³/mol. The fourth-order valence-electron chi connectivity index (χ4n) is 3.58. The normalized spacial score (nSPS) is 23.8. The summed E-state index contributed by atoms with van der Waals surface area (Å²) in [5, 5.41) is 12.9. The van der Waals surface area contributed by atoms with Gasteiger partial charge in [0.05, 0.1) is 21.7 Å². The molecule has 25 heavy (non-hydrogen) atoms. The molecule has 134 valence electrons. The summed E-state index contributed by atoms with van der Waals surface area (Å²) in [6.07, 6.45) is 0.717. The highest BCUT2D eigenvalue weighted by atomic mass is 79.9. The van der Waals surface area contributed by atoms with Gasteiger partial charge in [-0.3, -0.25) is 4.84 Å². The molecule has 0 amide bonds. The maximum Gasteiger partial charge on any atom is 0.329 e. The summed E-state index contributed by atoms with van der Waals surface area (Å²) in [7, 11) is 0. The standard InChI is InChI=1S/C16H18BrN3O4S/c1-8(21)24-20-13-5-11(17)14(22)4-10(13)9-2-3-19-16(15(9)20)12(18)6-25-7-23-19/h4-5,12,16,22H,2-3,6-7,18H2,1H3. The predicted octanol–water partition coefficient (Wildman–Crippen LogP) is 1.95. The van der Waals surface area contributed by atoms with E-state index in [0.717, 1.165) is 34.3 Å². The molecule has 0 radical (unpaired) electrons. The molecule has 0 aliphatic carbocycles. The van der Waals surface area contributed by atoms with Crippen molar-refractivity contribution in [3.8, 4) is 5.75 Å². The summed E-state index contributed by atoms with van der Waals surface area (Å²) in [6, 6.07) is 3.08. The summed E-state index contributed by atoms with van der Waals surface area (Å²) < 4.78 is 2.09. The highest BCUT2D eigenvalue weighted by Crippen LogP contribution is 2.42. The molecule has 2 atom stereocenters. The average Bonchev–Trinajstić information content (AvgIpc) is 2.72. The van der Waals surface area contributed by atoms with Gasteiger partial charge in [0.1, 0.15) is 11.7 Å². The maximum absolute atomic E-state index is 11.7. The fourth-order valence-corrected chi connectivity index (χ4v) is 4.67. The molecule has 7 nitrogen and oxygen atoms in total. The molecule has 9 heteroatoms. The van der Waals surface area contributed by atoms with Crippen LogP contribution in [-0.2, 0) is 16.1 Å². The number of hydrogen-bond donors (Lipinski definition) is 2. The van der Waals surface area contributed by atoms with E-state index >= 15 is 0 Å². The van der Waals surface area contributed by atoms with Crippen LogP contribution in [0.15, 0.2) is 16.6 Å². The molecular weight excluding hydrogens is 410 g/mol. The zero-order valence-corrected chi connectivity index (χ0v) is 16.0. The van der Waals surface area contributed by atoms with Crippen molar-refractivity contribution in [2.75, 3.05) is 18.2 Å². The van der Waals surface area contributed by atoms with Crippen molar-refractivity contribution >= 4 is 44.6 Å². The molecule has 1 aromatic heterocycles. The summed E-state index contributed by atoms with van der Waals surface area (Å²) in [6.45, 7) is 2.07. The number of carbonyl (C=O) groups excluding carboxylic acids is 1. The molecule has 1 fully saturated rings. The van der Waals surface area contributed by atoms with E-state index in [4.69, 9.17) is 15.4 Å². The van der Waals surface area contributed by atoms with Crippen LogP contribution < -0.4 is 10.6 Å². The highest BCUT2D eigenvalue weighted by Gasteiger charge is 2.40. The average molecular weight is 428 g/mol. The molecule has 3 N–H and O–H groups in total. The van der Waals surface area contributed by atoms with Crippen molar-refractivity contribution in [2.45, 2.75) is 25.4 Å². The van der Waals surface area contributed by atoms with Crippen LogP contribution >= 0.6 is 27.7 Å². The number of carbonyl (C=O) groups is 1. The van der Waals surface area contributed by atoms with Gasteiger partial charge in [0.25, 0.3) is 0 Å². The van der Waals surface area contributed by atoms with E-state index in [2.05, 4.69) is 15.9 Å². The van der Waals surface area contributed by atoms with Crippen molar-refractivity contribution in [3.63, 3.8) is 0 Å². The Morgan fingerprint density at radius 2 is 2.32 bits per heavy atom. The number of aromatic nitrogens is 1. The highest BCUT2D eigenvalue weighted by molar-refractivity contribution is 9.10. The van der Waals surface area contributed by atoms with Gasteiger partial charge in [-0.05, 0) is 40.0 Å². The van der Waals surface area contributed by atoms with E-state index in [0.29, 0.717) is 17.0 Å². The summed E-state index contributed by atoms with van der Waals surface area (Å²) >= 11 is 4.98. The van der Waals surface area contributed by atoms with Crippen LogP contribution in [0.2, 0.25) is 0 Å². The SMILES string of the molecule is CC(=O)On1c2c(c3cc(O)c(Br)cc31)CCN1OCSCC(N)C21. The van der Waals surface area contributed by atoms with Crippen LogP contribution in [0.25, 0.3) is 10.9 Å². The number of fused-ring (bicyclic) bond motifs is 5. The monoisotopic (exact) mass is 427 g/mol. The lowest BCUT2D eigenvalue weighted by Gasteiger charge is -2.36. The maximum atomic E-state index is 11.7. The van der Waals surface area contributed by atoms with Crippen molar-refractivity contribution in [3.05, 3.63) is 27.9 Å². The minimum atomic E-state index is -0.418. The first kappa shape index (κ1) is 17.2. The molecule has 0 saturated carbocycles. The van der Waals surface area contributed by atoms with Gasteiger partial charge >= 0.3 is 5.97 Å². The van der Waals surface area contributed by atoms with E-state index < -0.39 is 5.97 Å². The Balaban J connectivity index is 1.99. The third-order valence-corrected chi connectivity index (χ3v) is 6.08. The van der Waals surface area contributed by atoms with E-state index in [9.17, 15) is 9.90 Å². The first-order valence-corrected chi connectivity index (χ1v) is 9.89. The van der Waals surface area contributed by atoms with Gasteiger partial charge in [0, 0.05) is 30.6 Å². The van der Waals surface area contributed by atoms with Gasteiger partial charge < -0.3 is 15.7 Å². The number of nitrogens with zero attached hydrogens (tertiary/aromatic N) is 2. The molecule has 1 saturated heterocycles. The van der Waals surface area contributed by atoms with Crippen LogP contribution in [0, 0.1) is 0 Å². The molecule has 2 aliphatic rings. The molecule has 2 unspecified atom stereocenters. The Kier molecular flexibility index (Phi) is 4.45. The van der Waals surface area contributed by atoms with Gasteiger partial charge in [-0.25, -0.2) is 4.79 Å². The van der Waals surface area contributed by atoms with Gasteiger partial charge in [0.2, 0.25) is 0 Å². The number of benzene rings is 1. The van der Waals surface area contributed by atoms with Crippen molar-refractivity contribution in [1.29, 1.82) is 0 Å². The van der Waals surface area contributed by atoms with E-state index in [-0.39, 0.29) is 17.8 Å². The van der Waals surface area contributed by atoms with Gasteiger partial charge in [-0.2, -0.15) is 9.79 Å². The molecule has 4 rings (SSSR count). The second-order valence-electron chi connectivity index (χ2n) is 6.18. The molecule has 3 heterocycles. The van der Waals surface area contributed by atoms with E-state index in [1.807, 2.05) is 5.06 Å². The van der Waals surface area contributed by atoms with Crippen LogP contribution in [0.4, 0.5) is 0 Å². The Morgan fingerprint density at radius 3 is 3.08 bits per heavy atom. The largest absolute Gasteiger partial charge is 0.507 e. The van der Waals surface area contributed by atoms with Crippen LogP contribution in [0.3, 0.4) is 0 Å². The smallest absolute Gasteiger partial charge is 0.329 e. The molecular formula is C16H18BrN3O4S. The van der Waals surface area contributed by atoms with Gasteiger partial charge in [-0.1, -0.05) is 0 Å². The zero-order valence-electron chi connectivity index (χ0n) is 13.6. The minimum absolute atomic E-state index is 0.148. The number of aromatic hydroxyl groups is 1. The summed E-state index contributed by atoms with van der Waals surface area (Å²) in [5.41, 5.74) is 9.01. The van der Waals surface area contributed by atoms with Crippen LogP contribution in [-0.4, -0.2) is 45.1 Å². The number of hydrogen-bond acceptors (Lipinski definition) is 7. The Bertz CT molecular complexity index is 856. The third-order valence-electron chi connectivity index (χ3n) is 4.55. The number of halogens is 1. The van der Waals surface area contributed by atoms with Gasteiger partial charge in [0.15, 0.2) is 0 Å². The molecule has 1 aromatic carbocycles. The molecule has 2 aromatic rings. The second kappa shape index (κ2) is 6.48. The first-order valence-electron chi connectivity index (χ1n) is 7.95. The topological polar surface area (TPSA) is 90.0 Å². The lowest BCUT2D eigenvalue weighted by atomic mass is 9.95. The number of rotatable bonds is 1. The minimum Gasteiger partial charge on any atom is -0.507 e. The first-order chi connectivity index (χ1) is 12.0. The van der Waals surface area contributed by atoms with Crippen molar-refractivity contribution in [2.24, 2.45) is 5.73 Å². The Morgan fingerprint density at radius 1 is 1.52 bits per heavy atom. The number of thioether (sulfide) groups is 1. The second-order valence-corrected chi connectivity index (χ2v) is 8.01. The lowest BCUT2D eigenvalue weighted by Crippen LogP contribution is -2.46. The molecule has 2 aliphatic heterocycles. The number of phenolic OH excluding ortho intramolecular Hbond substituents is 1. The third kappa shape index (κ3) is 2.83. The van der Waals surface area contributed by atoms with Gasteiger partial charge in [-0.15, -0.1) is 11.8 Å². The van der Waals surface area contributed by atoms with Crippen molar-refractivity contribution in [1.82, 2.24) is 9.79 Å².